The van der Waals surface area contributed by atoms with Crippen LogP contribution in [-0.2, 0) is 4.79 Å². The summed E-state index contributed by atoms with van der Waals surface area (Å²) in [5.41, 5.74) is 2.17. The highest BCUT2D eigenvalue weighted by molar-refractivity contribution is 9.10. The number of aryl methyl sites for hydroxylation is 1. The van der Waals surface area contributed by atoms with E-state index in [2.05, 4.69) is 26.6 Å². The van der Waals surface area contributed by atoms with E-state index >= 15 is 0 Å². The van der Waals surface area contributed by atoms with Gasteiger partial charge < -0.3 is 10.6 Å². The van der Waals surface area contributed by atoms with Crippen molar-refractivity contribution >= 4 is 33.8 Å². The van der Waals surface area contributed by atoms with Crippen LogP contribution in [0.4, 0.5) is 0 Å². The highest BCUT2D eigenvalue weighted by Gasteiger charge is 2.19. The molecule has 2 aromatic rings. The van der Waals surface area contributed by atoms with Gasteiger partial charge in [-0.2, -0.15) is 0 Å². The SMILES string of the molecule is Cc1ccc(C(=O)N/C(=C/c2ccc(Br)cc2)C(=O)NC(C)(C)C)cc1. The van der Waals surface area contributed by atoms with Crippen molar-refractivity contribution in [3.63, 3.8) is 0 Å². The molecule has 0 radical (unpaired) electrons. The molecule has 2 aromatic carbocycles. The van der Waals surface area contributed by atoms with Gasteiger partial charge in [0.25, 0.3) is 11.8 Å². The number of nitrogens with one attached hydrogen (secondary N) is 2. The van der Waals surface area contributed by atoms with Crippen LogP contribution in [0.3, 0.4) is 0 Å². The molecule has 2 N–H and O–H groups in total. The third-order valence-electron chi connectivity index (χ3n) is 3.48. The first kappa shape index (κ1) is 19.9. The van der Waals surface area contributed by atoms with Crippen LogP contribution in [0, 0.1) is 6.92 Å². The number of amides is 2. The fraction of sp³-hybridized carbons (Fsp3) is 0.238. The lowest BCUT2D eigenvalue weighted by Gasteiger charge is -2.22. The number of hydrogen-bond acceptors (Lipinski definition) is 2. The second kappa shape index (κ2) is 8.32. The molecule has 0 aliphatic carbocycles. The first-order chi connectivity index (χ1) is 12.1. The first-order valence-corrected chi connectivity index (χ1v) is 9.11. The van der Waals surface area contributed by atoms with Gasteiger partial charge in [0.15, 0.2) is 0 Å². The Labute approximate surface area is 162 Å². The zero-order chi connectivity index (χ0) is 19.3. The van der Waals surface area contributed by atoms with Gasteiger partial charge in [-0.15, -0.1) is 0 Å². The maximum Gasteiger partial charge on any atom is 0.268 e. The summed E-state index contributed by atoms with van der Waals surface area (Å²) in [5.74, 6) is -0.654. The van der Waals surface area contributed by atoms with Gasteiger partial charge in [0, 0.05) is 15.6 Å². The minimum atomic E-state index is -0.412. The van der Waals surface area contributed by atoms with Gasteiger partial charge in [-0.25, -0.2) is 0 Å². The molecule has 136 valence electrons. The van der Waals surface area contributed by atoms with Gasteiger partial charge in [0.1, 0.15) is 5.70 Å². The van der Waals surface area contributed by atoms with E-state index in [1.54, 1.807) is 18.2 Å². The molecule has 2 amide bonds. The Kier molecular flexibility index (Phi) is 6.37. The lowest BCUT2D eigenvalue weighted by atomic mass is 10.1. The zero-order valence-corrected chi connectivity index (χ0v) is 17.0. The Bertz CT molecular complexity index is 817. The van der Waals surface area contributed by atoms with E-state index in [1.807, 2.05) is 64.1 Å². The quantitative estimate of drug-likeness (QED) is 0.726. The van der Waals surface area contributed by atoms with Crippen LogP contribution in [0.5, 0.6) is 0 Å². The zero-order valence-electron chi connectivity index (χ0n) is 15.4. The number of hydrogen-bond donors (Lipinski definition) is 2. The molecule has 4 nitrogen and oxygen atoms in total. The van der Waals surface area contributed by atoms with Crippen LogP contribution in [0.25, 0.3) is 6.08 Å². The van der Waals surface area contributed by atoms with Crippen molar-refractivity contribution < 1.29 is 9.59 Å². The van der Waals surface area contributed by atoms with Crippen LogP contribution in [0.2, 0.25) is 0 Å². The van der Waals surface area contributed by atoms with Crippen molar-refractivity contribution in [2.45, 2.75) is 33.2 Å². The molecule has 0 heterocycles. The Morgan fingerprint density at radius 2 is 1.54 bits per heavy atom. The van der Waals surface area contributed by atoms with Crippen molar-refractivity contribution in [1.29, 1.82) is 0 Å². The second-order valence-corrected chi connectivity index (χ2v) is 8.05. The van der Waals surface area contributed by atoms with E-state index in [1.165, 1.54) is 0 Å². The fourth-order valence-corrected chi connectivity index (χ4v) is 2.46. The number of benzene rings is 2. The molecule has 0 spiro atoms. The second-order valence-electron chi connectivity index (χ2n) is 7.13. The highest BCUT2D eigenvalue weighted by atomic mass is 79.9. The largest absolute Gasteiger partial charge is 0.346 e. The molecular formula is C21H23BrN2O2. The van der Waals surface area contributed by atoms with Gasteiger partial charge in [-0.3, -0.25) is 9.59 Å². The van der Waals surface area contributed by atoms with E-state index in [4.69, 9.17) is 0 Å². The number of rotatable bonds is 4. The Balaban J connectivity index is 2.30. The molecule has 0 bridgehead atoms. The number of carbonyl (C=O) groups is 2. The third-order valence-corrected chi connectivity index (χ3v) is 4.00. The lowest BCUT2D eigenvalue weighted by Crippen LogP contribution is -2.44. The summed E-state index contributed by atoms with van der Waals surface area (Å²) in [7, 11) is 0. The molecule has 0 aliphatic heterocycles. The predicted molar refractivity (Wildman–Crippen MR) is 109 cm³/mol. The fourth-order valence-electron chi connectivity index (χ4n) is 2.19. The monoisotopic (exact) mass is 414 g/mol. The molecule has 0 aromatic heterocycles. The maximum atomic E-state index is 12.6. The van der Waals surface area contributed by atoms with E-state index < -0.39 is 5.54 Å². The number of carbonyl (C=O) groups excluding carboxylic acids is 2. The van der Waals surface area contributed by atoms with Gasteiger partial charge >= 0.3 is 0 Å². The smallest absolute Gasteiger partial charge is 0.268 e. The summed E-state index contributed by atoms with van der Waals surface area (Å²) in [6, 6.07) is 14.7. The molecular weight excluding hydrogens is 392 g/mol. The van der Waals surface area contributed by atoms with Crippen molar-refractivity contribution in [2.24, 2.45) is 0 Å². The molecule has 0 saturated heterocycles. The topological polar surface area (TPSA) is 58.2 Å². The summed E-state index contributed by atoms with van der Waals surface area (Å²) in [6.07, 6.45) is 1.67. The molecule has 0 unspecified atom stereocenters. The van der Waals surface area contributed by atoms with Crippen LogP contribution >= 0.6 is 15.9 Å². The molecule has 26 heavy (non-hydrogen) atoms. The number of halogens is 1. The van der Waals surface area contributed by atoms with E-state index in [0.29, 0.717) is 5.56 Å². The van der Waals surface area contributed by atoms with Crippen LogP contribution in [0.15, 0.2) is 58.7 Å². The van der Waals surface area contributed by atoms with Gasteiger partial charge in [0.05, 0.1) is 0 Å². The molecule has 5 heteroatoms. The predicted octanol–water partition coefficient (Wildman–Crippen LogP) is 4.44. The summed E-state index contributed by atoms with van der Waals surface area (Å²) in [4.78, 5) is 25.2. The van der Waals surface area contributed by atoms with E-state index in [9.17, 15) is 9.59 Å². The van der Waals surface area contributed by atoms with Gasteiger partial charge in [-0.1, -0.05) is 45.8 Å². The summed E-state index contributed by atoms with van der Waals surface area (Å²) in [5, 5.41) is 5.62. The van der Waals surface area contributed by atoms with Gasteiger partial charge in [0.2, 0.25) is 0 Å². The summed E-state index contributed by atoms with van der Waals surface area (Å²) < 4.78 is 0.944. The van der Waals surface area contributed by atoms with Crippen LogP contribution < -0.4 is 10.6 Å². The van der Waals surface area contributed by atoms with Crippen molar-refractivity contribution in [3.05, 3.63) is 75.4 Å². The summed E-state index contributed by atoms with van der Waals surface area (Å²) >= 11 is 3.39. The van der Waals surface area contributed by atoms with Crippen molar-refractivity contribution in [3.8, 4) is 0 Å². The van der Waals surface area contributed by atoms with Crippen molar-refractivity contribution in [1.82, 2.24) is 10.6 Å². The Morgan fingerprint density at radius 3 is 2.08 bits per heavy atom. The minimum absolute atomic E-state index is 0.202. The standard InChI is InChI=1S/C21H23BrN2O2/c1-14-5-9-16(10-6-14)19(25)23-18(20(26)24-21(2,3)4)13-15-7-11-17(22)12-8-15/h5-13H,1-4H3,(H,23,25)(H,24,26)/b18-13+. The van der Waals surface area contributed by atoms with E-state index in [-0.39, 0.29) is 17.5 Å². The summed E-state index contributed by atoms with van der Waals surface area (Å²) in [6.45, 7) is 7.63. The Morgan fingerprint density at radius 1 is 0.962 bits per heavy atom. The van der Waals surface area contributed by atoms with E-state index in [0.717, 1.165) is 15.6 Å². The third kappa shape index (κ3) is 6.15. The minimum Gasteiger partial charge on any atom is -0.346 e. The van der Waals surface area contributed by atoms with Crippen LogP contribution in [-0.4, -0.2) is 17.4 Å². The average molecular weight is 415 g/mol. The average Bonchev–Trinajstić information content (AvgIpc) is 2.55. The molecule has 0 aliphatic rings. The molecule has 0 saturated carbocycles. The molecule has 0 atom stereocenters. The van der Waals surface area contributed by atoms with Gasteiger partial charge in [-0.05, 0) is 63.6 Å². The highest BCUT2D eigenvalue weighted by Crippen LogP contribution is 2.14. The first-order valence-electron chi connectivity index (χ1n) is 8.32. The normalized spacial score (nSPS) is 11.8. The van der Waals surface area contributed by atoms with Crippen molar-refractivity contribution in [2.75, 3.05) is 0 Å². The lowest BCUT2D eigenvalue weighted by molar-refractivity contribution is -0.119. The maximum absolute atomic E-state index is 12.6. The van der Waals surface area contributed by atoms with Crippen LogP contribution in [0.1, 0.15) is 42.3 Å². The Hall–Kier alpha value is -2.40. The molecule has 2 rings (SSSR count). The molecule has 0 fully saturated rings.